The molecule has 0 heterocycles. The number of rotatable bonds is 5. The molecule has 0 radical (unpaired) electrons. The largest absolute Gasteiger partial charge is 0.480 e. The smallest absolute Gasteiger partial charge is 0.325 e. The predicted octanol–water partition coefficient (Wildman–Crippen LogP) is 0.879. The van der Waals surface area contributed by atoms with Crippen molar-refractivity contribution in [2.75, 3.05) is 14.1 Å². The number of nitrogens with one attached hydrogen (secondary N) is 1. The fourth-order valence-corrected chi connectivity index (χ4v) is 1.66. The molecule has 0 aliphatic heterocycles. The highest BCUT2D eigenvalue weighted by molar-refractivity contribution is 5.82. The Kier molecular flexibility index (Phi) is 4.85. The zero-order valence-electron chi connectivity index (χ0n) is 10.8. The van der Waals surface area contributed by atoms with Crippen LogP contribution in [-0.2, 0) is 9.59 Å². The average molecular weight is 250 g/mol. The lowest BCUT2D eigenvalue weighted by Gasteiger charge is -2.22. The topological polar surface area (TPSA) is 69.6 Å². The van der Waals surface area contributed by atoms with E-state index in [2.05, 4.69) is 5.32 Å². The van der Waals surface area contributed by atoms with Crippen molar-refractivity contribution in [1.29, 1.82) is 0 Å². The third-order valence-corrected chi connectivity index (χ3v) is 2.61. The molecule has 2 N–H and O–H groups in total. The van der Waals surface area contributed by atoms with E-state index in [9.17, 15) is 14.7 Å². The molecule has 1 aromatic rings. The quantitative estimate of drug-likeness (QED) is 0.814. The van der Waals surface area contributed by atoms with Crippen molar-refractivity contribution in [3.63, 3.8) is 0 Å². The Morgan fingerprint density at radius 3 is 2.22 bits per heavy atom. The molecule has 5 nitrogen and oxygen atoms in total. The fourth-order valence-electron chi connectivity index (χ4n) is 1.66. The first-order valence-corrected chi connectivity index (χ1v) is 5.68. The highest BCUT2D eigenvalue weighted by Crippen LogP contribution is 2.13. The molecule has 1 aromatic carbocycles. The van der Waals surface area contributed by atoms with Crippen LogP contribution in [-0.4, -0.2) is 42.0 Å². The Balaban J connectivity index is 2.83. The second-order valence-corrected chi connectivity index (χ2v) is 4.30. The molecule has 0 bridgehead atoms. The van der Waals surface area contributed by atoms with Gasteiger partial charge in [-0.1, -0.05) is 30.3 Å². The molecule has 5 heteroatoms. The first-order chi connectivity index (χ1) is 8.43. The van der Waals surface area contributed by atoms with Gasteiger partial charge in [0.2, 0.25) is 5.91 Å². The van der Waals surface area contributed by atoms with Crippen LogP contribution < -0.4 is 5.32 Å². The molecule has 0 spiro atoms. The number of benzene rings is 1. The van der Waals surface area contributed by atoms with Gasteiger partial charge >= 0.3 is 5.97 Å². The van der Waals surface area contributed by atoms with Crippen LogP contribution >= 0.6 is 0 Å². The van der Waals surface area contributed by atoms with Gasteiger partial charge in [-0.3, -0.25) is 14.9 Å². The molecule has 0 saturated carbocycles. The van der Waals surface area contributed by atoms with E-state index in [-0.39, 0.29) is 5.91 Å². The van der Waals surface area contributed by atoms with Gasteiger partial charge in [-0.2, -0.15) is 0 Å². The number of carbonyl (C=O) groups is 2. The van der Waals surface area contributed by atoms with Crippen LogP contribution in [0.5, 0.6) is 0 Å². The Bertz CT molecular complexity index is 418. The fraction of sp³-hybridized carbons (Fsp3) is 0.385. The van der Waals surface area contributed by atoms with Gasteiger partial charge < -0.3 is 10.0 Å². The Labute approximate surface area is 106 Å². The lowest BCUT2D eigenvalue weighted by Crippen LogP contribution is -2.45. The third kappa shape index (κ3) is 3.56. The molecular weight excluding hydrogens is 232 g/mol. The predicted molar refractivity (Wildman–Crippen MR) is 68.1 cm³/mol. The van der Waals surface area contributed by atoms with Crippen molar-refractivity contribution < 1.29 is 14.7 Å². The van der Waals surface area contributed by atoms with Crippen LogP contribution in [0.1, 0.15) is 18.5 Å². The van der Waals surface area contributed by atoms with Gasteiger partial charge in [0.1, 0.15) is 6.04 Å². The molecule has 0 aliphatic rings. The second kappa shape index (κ2) is 6.16. The van der Waals surface area contributed by atoms with E-state index in [0.29, 0.717) is 5.56 Å². The molecule has 18 heavy (non-hydrogen) atoms. The Morgan fingerprint density at radius 1 is 1.22 bits per heavy atom. The molecule has 2 atom stereocenters. The monoisotopic (exact) mass is 250 g/mol. The maximum absolute atomic E-state index is 11.7. The van der Waals surface area contributed by atoms with E-state index in [0.717, 1.165) is 0 Å². The Hall–Kier alpha value is -1.88. The van der Waals surface area contributed by atoms with Gasteiger partial charge in [0.15, 0.2) is 0 Å². The maximum Gasteiger partial charge on any atom is 0.325 e. The number of carbonyl (C=O) groups excluding carboxylic acids is 1. The number of hydrogen-bond donors (Lipinski definition) is 2. The summed E-state index contributed by atoms with van der Waals surface area (Å²) in [4.78, 5) is 24.4. The van der Waals surface area contributed by atoms with Crippen molar-refractivity contribution in [1.82, 2.24) is 10.2 Å². The van der Waals surface area contributed by atoms with Crippen LogP contribution in [0.4, 0.5) is 0 Å². The number of carboxylic acid groups (broad SMARTS) is 1. The van der Waals surface area contributed by atoms with Crippen LogP contribution in [0.15, 0.2) is 30.3 Å². The minimum absolute atomic E-state index is 0.155. The van der Waals surface area contributed by atoms with E-state index < -0.39 is 18.1 Å². The number of hydrogen-bond acceptors (Lipinski definition) is 3. The van der Waals surface area contributed by atoms with Gasteiger partial charge in [0.05, 0.1) is 6.04 Å². The summed E-state index contributed by atoms with van der Waals surface area (Å²) in [5, 5.41) is 12.0. The molecule has 0 aromatic heterocycles. The molecule has 98 valence electrons. The van der Waals surface area contributed by atoms with Crippen LogP contribution in [0.3, 0.4) is 0 Å². The van der Waals surface area contributed by atoms with Crippen molar-refractivity contribution in [3.05, 3.63) is 35.9 Å². The minimum Gasteiger partial charge on any atom is -0.480 e. The molecule has 0 saturated heterocycles. The third-order valence-electron chi connectivity index (χ3n) is 2.61. The average Bonchev–Trinajstić information content (AvgIpc) is 2.35. The lowest BCUT2D eigenvalue weighted by molar-refractivity contribution is -0.140. The summed E-state index contributed by atoms with van der Waals surface area (Å²) < 4.78 is 0. The first-order valence-electron chi connectivity index (χ1n) is 5.68. The summed E-state index contributed by atoms with van der Waals surface area (Å²) in [5.74, 6) is -1.16. The summed E-state index contributed by atoms with van der Waals surface area (Å²) in [7, 11) is 3.28. The molecule has 1 rings (SSSR count). The highest BCUT2D eigenvalue weighted by Gasteiger charge is 2.25. The van der Waals surface area contributed by atoms with Crippen LogP contribution in [0.2, 0.25) is 0 Å². The molecule has 0 fully saturated rings. The molecule has 1 amide bonds. The van der Waals surface area contributed by atoms with E-state index >= 15 is 0 Å². The lowest BCUT2D eigenvalue weighted by atomic mass is 10.1. The van der Waals surface area contributed by atoms with Gasteiger partial charge in [-0.05, 0) is 12.5 Å². The highest BCUT2D eigenvalue weighted by atomic mass is 16.4. The van der Waals surface area contributed by atoms with Gasteiger partial charge in [0, 0.05) is 14.1 Å². The summed E-state index contributed by atoms with van der Waals surface area (Å²) >= 11 is 0. The number of amides is 1. The van der Waals surface area contributed by atoms with E-state index in [4.69, 9.17) is 0 Å². The van der Waals surface area contributed by atoms with Crippen molar-refractivity contribution in [2.45, 2.75) is 19.0 Å². The molecule has 0 aliphatic carbocycles. The maximum atomic E-state index is 11.7. The van der Waals surface area contributed by atoms with Gasteiger partial charge in [-0.15, -0.1) is 0 Å². The normalized spacial score (nSPS) is 13.7. The summed E-state index contributed by atoms with van der Waals surface area (Å²) in [6.07, 6.45) is 0. The number of likely N-dealkylation sites (N-methyl/N-ethyl adjacent to an activating group) is 1. The first kappa shape index (κ1) is 14.2. The molecular formula is C13H18N2O3. The van der Waals surface area contributed by atoms with Crippen molar-refractivity contribution in [2.24, 2.45) is 0 Å². The summed E-state index contributed by atoms with van der Waals surface area (Å²) in [5.41, 5.74) is 0.628. The zero-order chi connectivity index (χ0) is 13.7. The van der Waals surface area contributed by atoms with Gasteiger partial charge in [-0.25, -0.2) is 0 Å². The van der Waals surface area contributed by atoms with Crippen LogP contribution in [0, 0.1) is 0 Å². The van der Waals surface area contributed by atoms with Crippen LogP contribution in [0.25, 0.3) is 0 Å². The zero-order valence-corrected chi connectivity index (χ0v) is 10.8. The Morgan fingerprint density at radius 2 is 1.78 bits per heavy atom. The number of carboxylic acids is 1. The SMILES string of the molecule is CC(NC(C(=O)O)c1ccccc1)C(=O)N(C)C. The van der Waals surface area contributed by atoms with Crippen molar-refractivity contribution >= 4 is 11.9 Å². The summed E-state index contributed by atoms with van der Waals surface area (Å²) in [6.45, 7) is 1.65. The van der Waals surface area contributed by atoms with Crippen molar-refractivity contribution in [3.8, 4) is 0 Å². The standard InChI is InChI=1S/C13H18N2O3/c1-9(12(16)15(2)3)14-11(13(17)18)10-7-5-4-6-8-10/h4-9,11,14H,1-3H3,(H,17,18). The second-order valence-electron chi connectivity index (χ2n) is 4.30. The van der Waals surface area contributed by atoms with Gasteiger partial charge in [0.25, 0.3) is 0 Å². The van der Waals surface area contributed by atoms with E-state index in [1.54, 1.807) is 45.3 Å². The summed E-state index contributed by atoms with van der Waals surface area (Å²) in [6, 6.07) is 7.36. The van der Waals surface area contributed by atoms with E-state index in [1.807, 2.05) is 6.07 Å². The number of aliphatic carboxylic acids is 1. The minimum atomic E-state index is -1.00. The molecule has 2 unspecified atom stereocenters. The number of nitrogens with zero attached hydrogens (tertiary/aromatic N) is 1. The van der Waals surface area contributed by atoms with E-state index in [1.165, 1.54) is 4.90 Å².